The van der Waals surface area contributed by atoms with Gasteiger partial charge in [0.25, 0.3) is 0 Å². The van der Waals surface area contributed by atoms with E-state index in [0.29, 0.717) is 12.5 Å². The summed E-state index contributed by atoms with van der Waals surface area (Å²) in [5, 5.41) is 3.60. The quantitative estimate of drug-likeness (QED) is 0.842. The van der Waals surface area contributed by atoms with Crippen LogP contribution in [0.25, 0.3) is 0 Å². The Kier molecular flexibility index (Phi) is 6.04. The zero-order chi connectivity index (χ0) is 21.3. The molecule has 0 spiro atoms. The number of nitrogens with one attached hydrogen (secondary N) is 1. The fourth-order valence-electron chi connectivity index (χ4n) is 4.59. The van der Waals surface area contributed by atoms with Crippen molar-refractivity contribution in [3.8, 4) is 0 Å². The zero-order valence-electron chi connectivity index (χ0n) is 18.7. The van der Waals surface area contributed by atoms with Gasteiger partial charge < -0.3 is 15.1 Å². The molecule has 2 aliphatic heterocycles. The standard InChI is InChI=1S/C24H33N5O/c1-16-7-5-8-19(17(16)2)13-25-24-21-15-29(18(3)30)12-10-22(21)26-23(27-24)20-9-6-11-28(4)14-20/h5,7-8,20H,6,9-15H2,1-4H3,(H,25,26,27). The number of fused-ring (bicyclic) bond motifs is 1. The molecule has 1 atom stereocenters. The van der Waals surface area contributed by atoms with Gasteiger partial charge in [-0.05, 0) is 57.0 Å². The maximum Gasteiger partial charge on any atom is 0.219 e. The van der Waals surface area contributed by atoms with Crippen LogP contribution in [0.15, 0.2) is 18.2 Å². The van der Waals surface area contributed by atoms with Gasteiger partial charge in [0.15, 0.2) is 0 Å². The van der Waals surface area contributed by atoms with Crippen molar-refractivity contribution in [2.45, 2.75) is 59.0 Å². The number of nitrogens with zero attached hydrogens (tertiary/aromatic N) is 4. The van der Waals surface area contributed by atoms with Gasteiger partial charge in [0.2, 0.25) is 5.91 Å². The van der Waals surface area contributed by atoms with E-state index in [1.807, 2.05) is 4.90 Å². The third-order valence-electron chi connectivity index (χ3n) is 6.68. The molecular formula is C24H33N5O. The molecule has 0 bridgehead atoms. The van der Waals surface area contributed by atoms with E-state index in [9.17, 15) is 4.79 Å². The van der Waals surface area contributed by atoms with E-state index < -0.39 is 0 Å². The number of benzene rings is 1. The molecule has 3 heterocycles. The van der Waals surface area contributed by atoms with E-state index in [1.165, 1.54) is 23.1 Å². The van der Waals surface area contributed by atoms with Crippen molar-refractivity contribution < 1.29 is 4.79 Å². The highest BCUT2D eigenvalue weighted by molar-refractivity contribution is 5.74. The molecular weight excluding hydrogens is 374 g/mol. The van der Waals surface area contributed by atoms with E-state index in [4.69, 9.17) is 9.97 Å². The first-order chi connectivity index (χ1) is 14.4. The van der Waals surface area contributed by atoms with Gasteiger partial charge in [-0.25, -0.2) is 9.97 Å². The Morgan fingerprint density at radius 2 is 2.07 bits per heavy atom. The molecule has 2 aliphatic rings. The lowest BCUT2D eigenvalue weighted by molar-refractivity contribution is -0.129. The van der Waals surface area contributed by atoms with Crippen molar-refractivity contribution in [1.29, 1.82) is 0 Å². The lowest BCUT2D eigenvalue weighted by Crippen LogP contribution is -2.36. The maximum atomic E-state index is 12.0. The number of anilines is 1. The Hall–Kier alpha value is -2.47. The number of rotatable bonds is 4. The van der Waals surface area contributed by atoms with Gasteiger partial charge in [-0.1, -0.05) is 18.2 Å². The topological polar surface area (TPSA) is 61.4 Å². The van der Waals surface area contributed by atoms with E-state index in [0.717, 1.165) is 61.9 Å². The average molecular weight is 408 g/mol. The first-order valence-corrected chi connectivity index (χ1v) is 11.0. The minimum absolute atomic E-state index is 0.110. The zero-order valence-corrected chi connectivity index (χ0v) is 18.7. The summed E-state index contributed by atoms with van der Waals surface area (Å²) in [6, 6.07) is 6.42. The molecule has 2 aromatic rings. The summed E-state index contributed by atoms with van der Waals surface area (Å²) in [5.74, 6) is 2.34. The van der Waals surface area contributed by atoms with Gasteiger partial charge in [-0.2, -0.15) is 0 Å². The third-order valence-corrected chi connectivity index (χ3v) is 6.68. The van der Waals surface area contributed by atoms with Crippen LogP contribution in [0.3, 0.4) is 0 Å². The van der Waals surface area contributed by atoms with Crippen LogP contribution in [-0.4, -0.2) is 52.4 Å². The summed E-state index contributed by atoms with van der Waals surface area (Å²) in [5.41, 5.74) is 6.07. The molecule has 1 unspecified atom stereocenters. The fraction of sp³-hybridized carbons (Fsp3) is 0.542. The predicted molar refractivity (Wildman–Crippen MR) is 120 cm³/mol. The Labute approximate surface area is 179 Å². The fourth-order valence-corrected chi connectivity index (χ4v) is 4.59. The molecule has 160 valence electrons. The van der Waals surface area contributed by atoms with Crippen molar-refractivity contribution in [3.05, 3.63) is 52.0 Å². The van der Waals surface area contributed by atoms with Crippen LogP contribution in [0.2, 0.25) is 0 Å². The highest BCUT2D eigenvalue weighted by Crippen LogP contribution is 2.30. The first-order valence-electron chi connectivity index (χ1n) is 11.0. The number of piperidine rings is 1. The molecule has 1 fully saturated rings. The van der Waals surface area contributed by atoms with Gasteiger partial charge in [0.05, 0.1) is 12.2 Å². The summed E-state index contributed by atoms with van der Waals surface area (Å²) in [6.45, 7) is 10.2. The number of likely N-dealkylation sites (tertiary alicyclic amines) is 1. The third kappa shape index (κ3) is 4.33. The summed E-state index contributed by atoms with van der Waals surface area (Å²) in [4.78, 5) is 26.3. The largest absolute Gasteiger partial charge is 0.366 e. The maximum absolute atomic E-state index is 12.0. The molecule has 1 aromatic carbocycles. The number of amides is 1. The summed E-state index contributed by atoms with van der Waals surface area (Å²) < 4.78 is 0. The SMILES string of the molecule is CC(=O)N1CCc2nc(C3CCCN(C)C3)nc(NCc3cccc(C)c3C)c2C1. The van der Waals surface area contributed by atoms with E-state index in [-0.39, 0.29) is 5.91 Å². The Balaban J connectivity index is 1.66. The Morgan fingerprint density at radius 1 is 1.23 bits per heavy atom. The molecule has 4 rings (SSSR count). The molecule has 0 saturated carbocycles. The second-order valence-electron chi connectivity index (χ2n) is 8.86. The van der Waals surface area contributed by atoms with Crippen LogP contribution < -0.4 is 5.32 Å². The van der Waals surface area contributed by atoms with Crippen LogP contribution in [-0.2, 0) is 24.3 Å². The molecule has 0 aliphatic carbocycles. The highest BCUT2D eigenvalue weighted by Gasteiger charge is 2.27. The number of aromatic nitrogens is 2. The Morgan fingerprint density at radius 3 is 2.83 bits per heavy atom. The lowest BCUT2D eigenvalue weighted by Gasteiger charge is -2.32. The van der Waals surface area contributed by atoms with Gasteiger partial charge in [-0.15, -0.1) is 0 Å². The van der Waals surface area contributed by atoms with Gasteiger partial charge in [-0.3, -0.25) is 4.79 Å². The molecule has 1 saturated heterocycles. The first kappa shape index (κ1) is 20.8. The van der Waals surface area contributed by atoms with Gasteiger partial charge >= 0.3 is 0 Å². The van der Waals surface area contributed by atoms with Crippen molar-refractivity contribution in [1.82, 2.24) is 19.8 Å². The predicted octanol–water partition coefficient (Wildman–Crippen LogP) is 3.42. The van der Waals surface area contributed by atoms with Crippen molar-refractivity contribution in [2.24, 2.45) is 0 Å². The van der Waals surface area contributed by atoms with Crippen LogP contribution >= 0.6 is 0 Å². The van der Waals surface area contributed by atoms with Crippen LogP contribution in [0.1, 0.15) is 59.5 Å². The summed E-state index contributed by atoms with van der Waals surface area (Å²) in [6.07, 6.45) is 3.12. The van der Waals surface area contributed by atoms with Crippen molar-refractivity contribution in [3.63, 3.8) is 0 Å². The van der Waals surface area contributed by atoms with Crippen LogP contribution in [0, 0.1) is 13.8 Å². The molecule has 1 aromatic heterocycles. The normalized spacial score (nSPS) is 19.5. The van der Waals surface area contributed by atoms with Crippen molar-refractivity contribution >= 4 is 11.7 Å². The van der Waals surface area contributed by atoms with Crippen molar-refractivity contribution in [2.75, 3.05) is 32.0 Å². The van der Waals surface area contributed by atoms with E-state index in [2.05, 4.69) is 49.3 Å². The monoisotopic (exact) mass is 407 g/mol. The smallest absolute Gasteiger partial charge is 0.219 e. The number of hydrogen-bond donors (Lipinski definition) is 1. The van der Waals surface area contributed by atoms with Gasteiger partial charge in [0.1, 0.15) is 11.6 Å². The second kappa shape index (κ2) is 8.72. The van der Waals surface area contributed by atoms with Gasteiger partial charge in [0, 0.05) is 44.5 Å². The summed E-state index contributed by atoms with van der Waals surface area (Å²) >= 11 is 0. The molecule has 6 heteroatoms. The number of carbonyl (C=O) groups excluding carboxylic acids is 1. The van der Waals surface area contributed by atoms with Crippen LogP contribution in [0.5, 0.6) is 0 Å². The molecule has 1 amide bonds. The molecule has 6 nitrogen and oxygen atoms in total. The second-order valence-corrected chi connectivity index (χ2v) is 8.86. The molecule has 1 N–H and O–H groups in total. The lowest BCUT2D eigenvalue weighted by atomic mass is 9.96. The number of hydrogen-bond acceptors (Lipinski definition) is 5. The minimum atomic E-state index is 0.110. The minimum Gasteiger partial charge on any atom is -0.366 e. The number of carbonyl (C=O) groups is 1. The average Bonchev–Trinajstić information content (AvgIpc) is 2.74. The molecule has 0 radical (unpaired) electrons. The van der Waals surface area contributed by atoms with Crippen LogP contribution in [0.4, 0.5) is 5.82 Å². The highest BCUT2D eigenvalue weighted by atomic mass is 16.2. The Bertz CT molecular complexity index is 941. The molecule has 30 heavy (non-hydrogen) atoms. The van der Waals surface area contributed by atoms with E-state index >= 15 is 0 Å². The number of aryl methyl sites for hydroxylation is 1. The van der Waals surface area contributed by atoms with E-state index in [1.54, 1.807) is 6.92 Å². The summed E-state index contributed by atoms with van der Waals surface area (Å²) in [7, 11) is 2.18. The number of likely N-dealkylation sites (N-methyl/N-ethyl adjacent to an activating group) is 1.